The van der Waals surface area contributed by atoms with Gasteiger partial charge in [-0.3, -0.25) is 0 Å². The summed E-state index contributed by atoms with van der Waals surface area (Å²) in [6, 6.07) is 73.9. The van der Waals surface area contributed by atoms with Crippen LogP contribution in [0, 0.1) is 0 Å². The number of benzene rings is 10. The van der Waals surface area contributed by atoms with E-state index in [1.165, 1.54) is 54.7 Å². The Morgan fingerprint density at radius 2 is 0.969 bits per heavy atom. The molecule has 4 heteroatoms. The van der Waals surface area contributed by atoms with E-state index >= 15 is 0 Å². The van der Waals surface area contributed by atoms with E-state index in [9.17, 15) is 0 Å². The summed E-state index contributed by atoms with van der Waals surface area (Å²) in [5, 5.41) is 9.45. The Bertz CT molecular complexity index is 3790. The van der Waals surface area contributed by atoms with Crippen LogP contribution < -0.4 is 0 Å². The molecule has 2 heterocycles. The third-order valence-electron chi connectivity index (χ3n) is 13.3. The van der Waals surface area contributed by atoms with Gasteiger partial charge in [0.15, 0.2) is 17.5 Å². The van der Waals surface area contributed by atoms with Gasteiger partial charge in [0.2, 0.25) is 0 Å². The molecule has 13 rings (SSSR count). The molecule has 300 valence electrons. The fourth-order valence-electron chi connectivity index (χ4n) is 10.2. The molecule has 1 aliphatic rings. The zero-order valence-corrected chi connectivity index (χ0v) is 34.9. The Hall–Kier alpha value is -8.21. The van der Waals surface area contributed by atoms with E-state index < -0.39 is 0 Å². The van der Waals surface area contributed by atoms with Crippen LogP contribution in [0.15, 0.2) is 211 Å². The topological polar surface area (TPSA) is 51.8 Å². The van der Waals surface area contributed by atoms with Gasteiger partial charge in [0, 0.05) is 38.9 Å². The molecule has 1 aliphatic carbocycles. The largest absolute Gasteiger partial charge is 0.456 e. The Morgan fingerprint density at radius 3 is 1.81 bits per heavy atom. The van der Waals surface area contributed by atoms with Crippen LogP contribution in [0.2, 0.25) is 0 Å². The van der Waals surface area contributed by atoms with E-state index in [0.717, 1.165) is 68.0 Å². The molecule has 64 heavy (non-hydrogen) atoms. The lowest BCUT2D eigenvalue weighted by atomic mass is 9.84. The maximum absolute atomic E-state index is 6.88. The predicted octanol–water partition coefficient (Wildman–Crippen LogP) is 15.6. The Kier molecular flexibility index (Phi) is 8.38. The molecule has 0 N–H and O–H groups in total. The first kappa shape index (κ1) is 36.4. The third kappa shape index (κ3) is 6.10. The molecule has 0 bridgehead atoms. The van der Waals surface area contributed by atoms with Gasteiger partial charge >= 0.3 is 0 Å². The number of para-hydroxylation sites is 1. The minimum Gasteiger partial charge on any atom is -0.456 e. The zero-order chi connectivity index (χ0) is 42.1. The summed E-state index contributed by atoms with van der Waals surface area (Å²) in [5.74, 6) is 1.93. The van der Waals surface area contributed by atoms with E-state index in [-0.39, 0.29) is 5.92 Å². The molecule has 0 saturated carbocycles. The Morgan fingerprint density at radius 1 is 0.359 bits per heavy atom. The van der Waals surface area contributed by atoms with Crippen molar-refractivity contribution in [1.82, 2.24) is 15.0 Å². The molecule has 0 amide bonds. The second-order valence-corrected chi connectivity index (χ2v) is 17.0. The average Bonchev–Trinajstić information content (AvgIpc) is 3.67. The van der Waals surface area contributed by atoms with Gasteiger partial charge < -0.3 is 4.42 Å². The molecule has 0 aliphatic heterocycles. The molecule has 1 atom stereocenters. The quantitative estimate of drug-likeness (QED) is 0.162. The van der Waals surface area contributed by atoms with Gasteiger partial charge in [-0.15, -0.1) is 0 Å². The van der Waals surface area contributed by atoms with Gasteiger partial charge in [-0.2, -0.15) is 0 Å². The number of hydrogen-bond donors (Lipinski definition) is 0. The highest BCUT2D eigenvalue weighted by Crippen LogP contribution is 2.47. The molecular weight excluding hydrogens is 779 g/mol. The first-order valence-corrected chi connectivity index (χ1v) is 22.1. The first-order valence-electron chi connectivity index (χ1n) is 22.1. The Balaban J connectivity index is 1.02. The van der Waals surface area contributed by atoms with Crippen LogP contribution in [-0.2, 0) is 6.42 Å². The highest BCUT2D eigenvalue weighted by atomic mass is 16.3. The van der Waals surface area contributed by atoms with Crippen molar-refractivity contribution in [3.05, 3.63) is 223 Å². The van der Waals surface area contributed by atoms with Crippen LogP contribution in [0.25, 0.3) is 111 Å². The summed E-state index contributed by atoms with van der Waals surface area (Å²) in [6.07, 6.45) is 1.85. The van der Waals surface area contributed by atoms with Crippen molar-refractivity contribution in [2.75, 3.05) is 0 Å². The summed E-state index contributed by atoms with van der Waals surface area (Å²) in [6.45, 7) is 0. The minimum absolute atomic E-state index is 0.0522. The molecule has 1 unspecified atom stereocenters. The maximum atomic E-state index is 6.88. The van der Waals surface area contributed by atoms with Crippen molar-refractivity contribution in [2.45, 2.75) is 18.8 Å². The minimum atomic E-state index is 0.0522. The number of nitrogens with zero attached hydrogens (tertiary/aromatic N) is 3. The predicted molar refractivity (Wildman–Crippen MR) is 263 cm³/mol. The summed E-state index contributed by atoms with van der Waals surface area (Å²) >= 11 is 0. The van der Waals surface area contributed by atoms with Crippen molar-refractivity contribution in [1.29, 1.82) is 0 Å². The van der Waals surface area contributed by atoms with Crippen molar-refractivity contribution in [3.8, 4) is 56.4 Å². The van der Waals surface area contributed by atoms with Gasteiger partial charge in [0.05, 0.1) is 0 Å². The van der Waals surface area contributed by atoms with Gasteiger partial charge in [-0.1, -0.05) is 176 Å². The second kappa shape index (κ2) is 14.7. The van der Waals surface area contributed by atoms with Crippen LogP contribution in [0.5, 0.6) is 0 Å². The smallest absolute Gasteiger partial charge is 0.164 e. The molecule has 10 aromatic carbocycles. The number of rotatable bonds is 5. The number of furan rings is 1. The monoisotopic (exact) mass is 817 g/mol. The van der Waals surface area contributed by atoms with Crippen LogP contribution >= 0.6 is 0 Å². The average molecular weight is 818 g/mol. The van der Waals surface area contributed by atoms with Crippen LogP contribution in [0.1, 0.15) is 29.0 Å². The zero-order valence-electron chi connectivity index (χ0n) is 34.9. The van der Waals surface area contributed by atoms with Crippen LogP contribution in [0.3, 0.4) is 0 Å². The van der Waals surface area contributed by atoms with Gasteiger partial charge in [0.1, 0.15) is 11.2 Å². The maximum Gasteiger partial charge on any atom is 0.164 e. The standard InChI is InChI=1S/C60H39N3O/c1-2-12-37(13-3-1)38-22-25-40(26-23-38)58-61-59(45-29-30-48-43(33-45)27-24-39-14-6-7-17-47(39)48)63-60(62-58)46-35-54(57-55(36-46)52-20-10-11-21-56(52)64-57)51-31-28-44-32-41-15-4-5-16-42(41)34-53(44)50-19-9-8-18-49(50)51/h1-27,29-30,32-36,51H,28,31H2. The van der Waals surface area contributed by atoms with Crippen molar-refractivity contribution >= 4 is 54.3 Å². The number of aromatic nitrogens is 3. The normalized spacial score (nSPS) is 13.7. The van der Waals surface area contributed by atoms with Crippen LogP contribution in [0.4, 0.5) is 0 Å². The number of fused-ring (bicyclic) bond motifs is 10. The highest BCUT2D eigenvalue weighted by Gasteiger charge is 2.28. The van der Waals surface area contributed by atoms with Gasteiger partial charge in [-0.25, -0.2) is 15.0 Å². The molecule has 4 nitrogen and oxygen atoms in total. The lowest BCUT2D eigenvalue weighted by molar-refractivity contribution is 0.647. The summed E-state index contributed by atoms with van der Waals surface area (Å²) in [5.41, 5.74) is 13.3. The number of aryl methyl sites for hydroxylation is 1. The molecular formula is C60H39N3O. The molecule has 0 spiro atoms. The molecule has 2 aromatic heterocycles. The summed E-state index contributed by atoms with van der Waals surface area (Å²) < 4.78 is 6.88. The lowest BCUT2D eigenvalue weighted by Crippen LogP contribution is -2.05. The van der Waals surface area contributed by atoms with E-state index in [2.05, 4.69) is 194 Å². The fraction of sp³-hybridized carbons (Fsp3) is 0.0500. The van der Waals surface area contributed by atoms with E-state index in [1.54, 1.807) is 0 Å². The second-order valence-electron chi connectivity index (χ2n) is 17.0. The van der Waals surface area contributed by atoms with Crippen molar-refractivity contribution in [3.63, 3.8) is 0 Å². The summed E-state index contributed by atoms with van der Waals surface area (Å²) in [4.78, 5) is 15.9. The molecule has 0 fully saturated rings. The summed E-state index contributed by atoms with van der Waals surface area (Å²) in [7, 11) is 0. The molecule has 0 saturated heterocycles. The van der Waals surface area contributed by atoms with Crippen molar-refractivity contribution in [2.24, 2.45) is 0 Å². The van der Waals surface area contributed by atoms with Crippen LogP contribution in [-0.4, -0.2) is 15.0 Å². The first-order chi connectivity index (χ1) is 31.7. The molecule has 0 radical (unpaired) electrons. The van der Waals surface area contributed by atoms with E-state index in [1.807, 2.05) is 12.1 Å². The van der Waals surface area contributed by atoms with E-state index in [0.29, 0.717) is 17.5 Å². The van der Waals surface area contributed by atoms with Gasteiger partial charge in [-0.05, 0) is 109 Å². The number of hydrogen-bond acceptors (Lipinski definition) is 4. The third-order valence-corrected chi connectivity index (χ3v) is 13.3. The van der Waals surface area contributed by atoms with Gasteiger partial charge in [0.25, 0.3) is 0 Å². The molecule has 12 aromatic rings. The SMILES string of the molecule is c1ccc(-c2ccc(-c3nc(-c4ccc5c(ccc6ccccc65)c4)nc(-c4cc(C5CCc6cc7ccccc7cc6-c6ccccc65)c5oc6ccccc6c5c4)n3)cc2)cc1. The fourth-order valence-corrected chi connectivity index (χ4v) is 10.2. The highest BCUT2D eigenvalue weighted by molar-refractivity contribution is 6.09. The van der Waals surface area contributed by atoms with E-state index in [4.69, 9.17) is 19.4 Å². The Labute approximate surface area is 370 Å². The lowest BCUT2D eigenvalue weighted by Gasteiger charge is -2.20. The van der Waals surface area contributed by atoms with Crippen molar-refractivity contribution < 1.29 is 4.42 Å².